The minimum Gasteiger partial charge on any atom is -0.349 e. The fourth-order valence-corrected chi connectivity index (χ4v) is 2.87. The highest BCUT2D eigenvalue weighted by Crippen LogP contribution is 2.41. The van der Waals surface area contributed by atoms with Crippen molar-refractivity contribution in [1.29, 1.82) is 0 Å². The van der Waals surface area contributed by atoms with E-state index >= 15 is 0 Å². The first-order chi connectivity index (χ1) is 10.5. The van der Waals surface area contributed by atoms with Crippen molar-refractivity contribution in [3.63, 3.8) is 0 Å². The summed E-state index contributed by atoms with van der Waals surface area (Å²) in [4.78, 5) is 12.2. The van der Waals surface area contributed by atoms with Crippen LogP contribution in [0.25, 0.3) is 0 Å². The summed E-state index contributed by atoms with van der Waals surface area (Å²) in [5.41, 5.74) is 1.81. The SMILES string of the molecule is CC(C)Cn1cc(C(=O)N[C@@H]2C[C@H]2c2cccc(Cl)c2)cn1. The highest BCUT2D eigenvalue weighted by molar-refractivity contribution is 6.30. The van der Waals surface area contributed by atoms with Gasteiger partial charge in [-0.25, -0.2) is 0 Å². The zero-order valence-electron chi connectivity index (χ0n) is 12.8. The van der Waals surface area contributed by atoms with Crippen LogP contribution in [-0.4, -0.2) is 21.7 Å². The van der Waals surface area contributed by atoms with Gasteiger partial charge in [0.05, 0.1) is 11.8 Å². The molecule has 2 aromatic rings. The van der Waals surface area contributed by atoms with Crippen LogP contribution in [0.5, 0.6) is 0 Å². The highest BCUT2D eigenvalue weighted by atomic mass is 35.5. The van der Waals surface area contributed by atoms with Crippen molar-refractivity contribution in [1.82, 2.24) is 15.1 Å². The summed E-state index contributed by atoms with van der Waals surface area (Å²) < 4.78 is 1.82. The van der Waals surface area contributed by atoms with Gasteiger partial charge < -0.3 is 5.32 Å². The van der Waals surface area contributed by atoms with Crippen LogP contribution >= 0.6 is 11.6 Å². The van der Waals surface area contributed by atoms with Gasteiger partial charge in [-0.3, -0.25) is 9.48 Å². The van der Waals surface area contributed by atoms with E-state index in [4.69, 9.17) is 11.6 Å². The first kappa shape index (κ1) is 15.1. The second kappa shape index (κ2) is 6.13. The Morgan fingerprint density at radius 2 is 2.32 bits per heavy atom. The van der Waals surface area contributed by atoms with E-state index in [1.165, 1.54) is 5.56 Å². The summed E-state index contributed by atoms with van der Waals surface area (Å²) >= 11 is 6.01. The van der Waals surface area contributed by atoms with E-state index in [0.717, 1.165) is 18.0 Å². The number of nitrogens with zero attached hydrogens (tertiary/aromatic N) is 2. The average molecular weight is 318 g/mol. The number of hydrogen-bond donors (Lipinski definition) is 1. The van der Waals surface area contributed by atoms with Gasteiger partial charge in [0.15, 0.2) is 0 Å². The molecule has 1 heterocycles. The van der Waals surface area contributed by atoms with Gasteiger partial charge in [0.1, 0.15) is 0 Å². The summed E-state index contributed by atoms with van der Waals surface area (Å²) in [5.74, 6) is 0.823. The molecule has 2 atom stereocenters. The van der Waals surface area contributed by atoms with Gasteiger partial charge in [-0.1, -0.05) is 37.6 Å². The highest BCUT2D eigenvalue weighted by Gasteiger charge is 2.39. The maximum Gasteiger partial charge on any atom is 0.254 e. The molecule has 1 aromatic heterocycles. The smallest absolute Gasteiger partial charge is 0.254 e. The number of hydrogen-bond acceptors (Lipinski definition) is 2. The molecule has 1 aliphatic rings. The number of rotatable bonds is 5. The van der Waals surface area contributed by atoms with E-state index in [0.29, 0.717) is 17.4 Å². The van der Waals surface area contributed by atoms with Crippen molar-refractivity contribution in [2.24, 2.45) is 5.92 Å². The normalized spacial score (nSPS) is 20.2. The van der Waals surface area contributed by atoms with Crippen molar-refractivity contribution in [3.8, 4) is 0 Å². The molecule has 1 amide bonds. The summed E-state index contributed by atoms with van der Waals surface area (Å²) in [7, 11) is 0. The van der Waals surface area contributed by atoms with Gasteiger partial charge >= 0.3 is 0 Å². The zero-order valence-corrected chi connectivity index (χ0v) is 13.5. The van der Waals surface area contributed by atoms with Gasteiger partial charge in [-0.05, 0) is 30.0 Å². The third-order valence-electron chi connectivity index (χ3n) is 3.83. The first-order valence-electron chi connectivity index (χ1n) is 7.61. The van der Waals surface area contributed by atoms with Crippen molar-refractivity contribution in [3.05, 3.63) is 52.8 Å². The minimum absolute atomic E-state index is 0.0514. The number of carbonyl (C=O) groups is 1. The van der Waals surface area contributed by atoms with Crippen LogP contribution in [0.15, 0.2) is 36.7 Å². The largest absolute Gasteiger partial charge is 0.349 e. The van der Waals surface area contributed by atoms with Crippen molar-refractivity contribution in [2.75, 3.05) is 0 Å². The van der Waals surface area contributed by atoms with Crippen molar-refractivity contribution in [2.45, 2.75) is 38.8 Å². The Hall–Kier alpha value is -1.81. The van der Waals surface area contributed by atoms with Crippen LogP contribution in [0, 0.1) is 5.92 Å². The third-order valence-corrected chi connectivity index (χ3v) is 4.07. The Bertz CT molecular complexity index is 680. The molecule has 22 heavy (non-hydrogen) atoms. The number of carbonyl (C=O) groups excluding carboxylic acids is 1. The number of nitrogens with one attached hydrogen (secondary N) is 1. The van der Waals surface area contributed by atoms with Crippen molar-refractivity contribution >= 4 is 17.5 Å². The lowest BCUT2D eigenvalue weighted by Crippen LogP contribution is -2.26. The monoisotopic (exact) mass is 317 g/mol. The second-order valence-electron chi connectivity index (χ2n) is 6.32. The Morgan fingerprint density at radius 3 is 3.05 bits per heavy atom. The molecular weight excluding hydrogens is 298 g/mol. The van der Waals surface area contributed by atoms with Gasteiger partial charge in [0.25, 0.3) is 5.91 Å². The number of aromatic nitrogens is 2. The lowest BCUT2D eigenvalue weighted by atomic mass is 10.1. The molecule has 0 unspecified atom stereocenters. The summed E-state index contributed by atoms with van der Waals surface area (Å²) in [6.45, 7) is 5.07. The fraction of sp³-hybridized carbons (Fsp3) is 0.412. The molecule has 1 fully saturated rings. The molecule has 0 spiro atoms. The lowest BCUT2D eigenvalue weighted by Gasteiger charge is -2.04. The molecular formula is C17H20ClN3O. The maximum absolute atomic E-state index is 12.2. The van der Waals surface area contributed by atoms with E-state index in [-0.39, 0.29) is 11.9 Å². The molecule has 0 saturated heterocycles. The van der Waals surface area contributed by atoms with Gasteiger partial charge in [0, 0.05) is 29.7 Å². The molecule has 1 saturated carbocycles. The Labute approximate surface area is 135 Å². The summed E-state index contributed by atoms with van der Waals surface area (Å²) in [6.07, 6.45) is 4.41. The van der Waals surface area contributed by atoms with Gasteiger partial charge in [-0.15, -0.1) is 0 Å². The summed E-state index contributed by atoms with van der Waals surface area (Å²) in [6, 6.07) is 8.04. The predicted octanol–water partition coefficient (Wildman–Crippen LogP) is 3.48. The summed E-state index contributed by atoms with van der Waals surface area (Å²) in [5, 5.41) is 8.04. The topological polar surface area (TPSA) is 46.9 Å². The van der Waals surface area contributed by atoms with Gasteiger partial charge in [0.2, 0.25) is 0 Å². The number of amides is 1. The van der Waals surface area contributed by atoms with Crippen molar-refractivity contribution < 1.29 is 4.79 Å². The van der Waals surface area contributed by atoms with Crippen LogP contribution < -0.4 is 5.32 Å². The molecule has 1 N–H and O–H groups in total. The van der Waals surface area contributed by atoms with Gasteiger partial charge in [-0.2, -0.15) is 5.10 Å². The zero-order chi connectivity index (χ0) is 15.7. The van der Waals surface area contributed by atoms with Crippen LogP contribution in [0.1, 0.15) is 42.1 Å². The fourth-order valence-electron chi connectivity index (χ4n) is 2.67. The number of benzene rings is 1. The molecule has 4 nitrogen and oxygen atoms in total. The molecule has 5 heteroatoms. The molecule has 0 bridgehead atoms. The van der Waals surface area contributed by atoms with Crippen LogP contribution in [0.4, 0.5) is 0 Å². The van der Waals surface area contributed by atoms with E-state index in [2.05, 4.69) is 30.3 Å². The minimum atomic E-state index is -0.0514. The molecule has 0 radical (unpaired) electrons. The quantitative estimate of drug-likeness (QED) is 0.917. The van der Waals surface area contributed by atoms with E-state index in [1.54, 1.807) is 6.20 Å². The molecule has 116 valence electrons. The Balaban J connectivity index is 1.58. The van der Waals surface area contributed by atoms with Crippen LogP contribution in [0.2, 0.25) is 5.02 Å². The molecule has 1 aliphatic carbocycles. The Kier molecular flexibility index (Phi) is 4.21. The van der Waals surface area contributed by atoms with E-state index in [9.17, 15) is 4.79 Å². The van der Waals surface area contributed by atoms with E-state index < -0.39 is 0 Å². The van der Waals surface area contributed by atoms with Crippen LogP contribution in [-0.2, 0) is 6.54 Å². The Morgan fingerprint density at radius 1 is 1.50 bits per heavy atom. The molecule has 0 aliphatic heterocycles. The van der Waals surface area contributed by atoms with E-state index in [1.807, 2.05) is 29.1 Å². The first-order valence-corrected chi connectivity index (χ1v) is 7.99. The second-order valence-corrected chi connectivity index (χ2v) is 6.76. The number of halogens is 1. The predicted molar refractivity (Wildman–Crippen MR) is 87.1 cm³/mol. The molecule has 3 rings (SSSR count). The molecule has 1 aromatic carbocycles. The maximum atomic E-state index is 12.2. The third kappa shape index (κ3) is 3.50. The van der Waals surface area contributed by atoms with Crippen LogP contribution in [0.3, 0.4) is 0 Å². The average Bonchev–Trinajstić information content (AvgIpc) is 3.06. The standard InChI is InChI=1S/C17H20ClN3O/c1-11(2)9-21-10-13(8-19-21)17(22)20-16-7-15(16)12-4-3-5-14(18)6-12/h3-6,8,10-11,15-16H,7,9H2,1-2H3,(H,20,22)/t15-,16+/m0/s1. The lowest BCUT2D eigenvalue weighted by molar-refractivity contribution is 0.0950.